The summed E-state index contributed by atoms with van der Waals surface area (Å²) in [6.45, 7) is 3.97. The number of hydrogen-bond donors (Lipinski definition) is 1. The van der Waals surface area contributed by atoms with Gasteiger partial charge in [-0.1, -0.05) is 19.1 Å². The van der Waals surface area contributed by atoms with Gasteiger partial charge in [0.05, 0.1) is 0 Å². The summed E-state index contributed by atoms with van der Waals surface area (Å²) in [6.07, 6.45) is 2.53. The van der Waals surface area contributed by atoms with Gasteiger partial charge in [-0.25, -0.2) is 0 Å². The normalized spacial score (nSPS) is 15.9. The van der Waals surface area contributed by atoms with Crippen LogP contribution in [0.5, 0.6) is 5.75 Å². The Morgan fingerprint density at radius 3 is 2.46 bits per heavy atom. The van der Waals surface area contributed by atoms with Crippen molar-refractivity contribution >= 4 is 34.8 Å². The second kappa shape index (κ2) is 7.86. The average molecular weight is 349 g/mol. The topological polar surface area (TPSA) is 43.8 Å². The second-order valence-corrected chi connectivity index (χ2v) is 6.37. The maximum atomic E-state index is 12.6. The molecule has 0 spiro atoms. The number of rotatable bonds is 3. The smallest absolute Gasteiger partial charge is 0.226 e. The number of piperidine rings is 1. The van der Waals surface area contributed by atoms with Crippen LogP contribution in [0.25, 0.3) is 10.8 Å². The summed E-state index contributed by atoms with van der Waals surface area (Å²) in [6, 6.07) is 11.6. The third kappa shape index (κ3) is 3.82. The van der Waals surface area contributed by atoms with E-state index in [9.17, 15) is 9.90 Å². The van der Waals surface area contributed by atoms with Crippen molar-refractivity contribution in [3.05, 3.63) is 36.4 Å². The lowest BCUT2D eigenvalue weighted by atomic mass is 10.0. The van der Waals surface area contributed by atoms with E-state index in [0.717, 1.165) is 42.4 Å². The molecular formula is C19H25ClN2O2. The Morgan fingerprint density at radius 2 is 1.79 bits per heavy atom. The molecule has 0 bridgehead atoms. The van der Waals surface area contributed by atoms with E-state index in [1.165, 1.54) is 0 Å². The molecule has 1 heterocycles. The van der Waals surface area contributed by atoms with E-state index in [-0.39, 0.29) is 30.1 Å². The van der Waals surface area contributed by atoms with E-state index in [1.54, 1.807) is 12.1 Å². The quantitative estimate of drug-likeness (QED) is 0.917. The standard InChI is InChI=1S/C19H24N2O2.ClH/c1-3-19(23)21(16-8-10-20(2)11-9-16)17-6-4-15-13-18(22)7-5-14(15)12-17;/h4-7,12-13,16,22H,3,8-11H2,1-2H3;1H. The van der Waals surface area contributed by atoms with Crippen LogP contribution in [0.1, 0.15) is 26.2 Å². The summed E-state index contributed by atoms with van der Waals surface area (Å²) < 4.78 is 0. The number of likely N-dealkylation sites (tertiary alicyclic amines) is 1. The zero-order valence-corrected chi connectivity index (χ0v) is 15.1. The molecule has 0 aromatic heterocycles. The molecule has 130 valence electrons. The van der Waals surface area contributed by atoms with Crippen molar-refractivity contribution in [2.24, 2.45) is 0 Å². The Morgan fingerprint density at radius 1 is 1.17 bits per heavy atom. The van der Waals surface area contributed by atoms with Gasteiger partial charge in [-0.2, -0.15) is 0 Å². The van der Waals surface area contributed by atoms with Gasteiger partial charge in [-0.15, -0.1) is 12.4 Å². The first-order valence-electron chi connectivity index (χ1n) is 8.32. The van der Waals surface area contributed by atoms with Crippen LogP contribution in [0.3, 0.4) is 0 Å². The van der Waals surface area contributed by atoms with E-state index < -0.39 is 0 Å². The number of hydrogen-bond acceptors (Lipinski definition) is 3. The minimum absolute atomic E-state index is 0. The molecule has 2 aromatic carbocycles. The SMILES string of the molecule is CCC(=O)N(c1ccc2cc(O)ccc2c1)C1CCN(C)CC1.Cl. The molecule has 0 atom stereocenters. The van der Waals surface area contributed by atoms with Gasteiger partial charge < -0.3 is 14.9 Å². The summed E-state index contributed by atoms with van der Waals surface area (Å²) in [5, 5.41) is 11.6. The van der Waals surface area contributed by atoms with Crippen molar-refractivity contribution in [3.8, 4) is 5.75 Å². The fourth-order valence-corrected chi connectivity index (χ4v) is 3.35. The number of aromatic hydroxyl groups is 1. The minimum atomic E-state index is 0. The number of phenolic OH excluding ortho intramolecular Hbond substituents is 1. The largest absolute Gasteiger partial charge is 0.508 e. The molecule has 0 saturated carbocycles. The Balaban J connectivity index is 0.00000208. The van der Waals surface area contributed by atoms with Crippen LogP contribution in [0, 0.1) is 0 Å². The summed E-state index contributed by atoms with van der Waals surface area (Å²) >= 11 is 0. The Kier molecular flexibility index (Phi) is 6.08. The highest BCUT2D eigenvalue weighted by molar-refractivity contribution is 5.97. The van der Waals surface area contributed by atoms with Crippen molar-refractivity contribution in [1.82, 2.24) is 4.90 Å². The summed E-state index contributed by atoms with van der Waals surface area (Å²) in [4.78, 5) is 16.9. The number of halogens is 1. The van der Waals surface area contributed by atoms with Crippen LogP contribution in [0.4, 0.5) is 5.69 Å². The Labute approximate surface area is 149 Å². The lowest BCUT2D eigenvalue weighted by Gasteiger charge is -2.37. The molecule has 1 amide bonds. The zero-order chi connectivity index (χ0) is 16.4. The Hall–Kier alpha value is -1.78. The first-order valence-corrected chi connectivity index (χ1v) is 8.32. The number of nitrogens with zero attached hydrogens (tertiary/aromatic N) is 2. The number of carbonyl (C=O) groups is 1. The molecule has 1 aliphatic heterocycles. The lowest BCUT2D eigenvalue weighted by Crippen LogP contribution is -2.46. The predicted molar refractivity (Wildman–Crippen MR) is 101 cm³/mol. The third-order valence-electron chi connectivity index (χ3n) is 4.71. The van der Waals surface area contributed by atoms with Crippen LogP contribution in [-0.4, -0.2) is 42.1 Å². The van der Waals surface area contributed by atoms with Crippen molar-refractivity contribution in [2.75, 3.05) is 25.0 Å². The van der Waals surface area contributed by atoms with Crippen molar-refractivity contribution in [3.63, 3.8) is 0 Å². The molecule has 1 aliphatic rings. The maximum Gasteiger partial charge on any atom is 0.226 e. The van der Waals surface area contributed by atoms with E-state index in [4.69, 9.17) is 0 Å². The first kappa shape index (κ1) is 18.6. The van der Waals surface area contributed by atoms with Crippen LogP contribution in [-0.2, 0) is 4.79 Å². The molecule has 1 N–H and O–H groups in total. The van der Waals surface area contributed by atoms with Gasteiger partial charge in [0.15, 0.2) is 0 Å². The molecule has 2 aromatic rings. The van der Waals surface area contributed by atoms with Crippen LogP contribution in [0.15, 0.2) is 36.4 Å². The second-order valence-electron chi connectivity index (χ2n) is 6.37. The van der Waals surface area contributed by atoms with E-state index >= 15 is 0 Å². The van der Waals surface area contributed by atoms with E-state index in [2.05, 4.69) is 18.0 Å². The van der Waals surface area contributed by atoms with Gasteiger partial charge in [-0.3, -0.25) is 4.79 Å². The van der Waals surface area contributed by atoms with Gasteiger partial charge in [-0.05, 0) is 68.0 Å². The molecule has 0 aliphatic carbocycles. The fourth-order valence-electron chi connectivity index (χ4n) is 3.35. The molecular weight excluding hydrogens is 324 g/mol. The number of anilines is 1. The number of carbonyl (C=O) groups excluding carboxylic acids is 1. The summed E-state index contributed by atoms with van der Waals surface area (Å²) in [5.74, 6) is 0.444. The van der Waals surface area contributed by atoms with Crippen LogP contribution >= 0.6 is 12.4 Å². The van der Waals surface area contributed by atoms with Gasteiger partial charge in [0.25, 0.3) is 0 Å². The molecule has 1 fully saturated rings. The molecule has 5 heteroatoms. The molecule has 0 unspecified atom stereocenters. The van der Waals surface area contributed by atoms with E-state index in [0.29, 0.717) is 6.42 Å². The Bertz CT molecular complexity index is 712. The van der Waals surface area contributed by atoms with Gasteiger partial charge in [0.2, 0.25) is 5.91 Å². The maximum absolute atomic E-state index is 12.6. The molecule has 1 saturated heterocycles. The van der Waals surface area contributed by atoms with Gasteiger partial charge >= 0.3 is 0 Å². The van der Waals surface area contributed by atoms with Gasteiger partial charge in [0.1, 0.15) is 5.75 Å². The molecule has 3 rings (SSSR count). The fraction of sp³-hybridized carbons (Fsp3) is 0.421. The highest BCUT2D eigenvalue weighted by Crippen LogP contribution is 2.29. The van der Waals surface area contributed by atoms with Crippen LogP contribution in [0.2, 0.25) is 0 Å². The first-order chi connectivity index (χ1) is 11.1. The lowest BCUT2D eigenvalue weighted by molar-refractivity contribution is -0.119. The highest BCUT2D eigenvalue weighted by atomic mass is 35.5. The third-order valence-corrected chi connectivity index (χ3v) is 4.71. The predicted octanol–water partition coefficient (Wildman–Crippen LogP) is 3.80. The molecule has 24 heavy (non-hydrogen) atoms. The number of fused-ring (bicyclic) bond motifs is 1. The average Bonchev–Trinajstić information content (AvgIpc) is 2.56. The van der Waals surface area contributed by atoms with Crippen molar-refractivity contribution in [1.29, 1.82) is 0 Å². The number of benzene rings is 2. The monoisotopic (exact) mass is 348 g/mol. The highest BCUT2D eigenvalue weighted by Gasteiger charge is 2.27. The summed E-state index contributed by atoms with van der Waals surface area (Å²) in [7, 11) is 2.13. The van der Waals surface area contributed by atoms with Gasteiger partial charge in [0, 0.05) is 18.2 Å². The number of amides is 1. The number of phenols is 1. The minimum Gasteiger partial charge on any atom is -0.508 e. The van der Waals surface area contributed by atoms with Crippen molar-refractivity contribution < 1.29 is 9.90 Å². The molecule has 0 radical (unpaired) electrons. The summed E-state index contributed by atoms with van der Waals surface area (Å²) in [5.41, 5.74) is 0.963. The zero-order valence-electron chi connectivity index (χ0n) is 14.2. The van der Waals surface area contributed by atoms with Crippen molar-refractivity contribution in [2.45, 2.75) is 32.2 Å². The van der Waals surface area contributed by atoms with E-state index in [1.807, 2.05) is 30.0 Å². The van der Waals surface area contributed by atoms with Crippen LogP contribution < -0.4 is 4.90 Å². The molecule has 4 nitrogen and oxygen atoms in total.